The summed E-state index contributed by atoms with van der Waals surface area (Å²) in [5, 5.41) is 15.1. The zero-order chi connectivity index (χ0) is 13.7. The number of aromatic nitrogens is 1. The van der Waals surface area contributed by atoms with E-state index in [0.717, 1.165) is 37.1 Å². The van der Waals surface area contributed by atoms with E-state index in [9.17, 15) is 9.90 Å². The maximum Gasteiger partial charge on any atom is 0.270 e. The number of nitrogens with two attached hydrogens (primary N) is 1. The summed E-state index contributed by atoms with van der Waals surface area (Å²) in [6, 6.07) is 0. The minimum atomic E-state index is -0.149. The molecule has 106 valence electrons. The summed E-state index contributed by atoms with van der Waals surface area (Å²) in [6.45, 7) is 1.23. The van der Waals surface area contributed by atoms with Crippen molar-refractivity contribution in [1.29, 1.82) is 0 Å². The van der Waals surface area contributed by atoms with Gasteiger partial charge in [-0.2, -0.15) is 0 Å². The Morgan fingerprint density at radius 1 is 1.47 bits per heavy atom. The third kappa shape index (κ3) is 4.26. The molecule has 1 aromatic rings. The minimum Gasteiger partial charge on any atom is -0.393 e. The maximum absolute atomic E-state index is 11.9. The molecule has 2 rings (SSSR count). The molecule has 1 aliphatic carbocycles. The van der Waals surface area contributed by atoms with E-state index in [0.29, 0.717) is 24.7 Å². The standard InChI is InChI=1S/C13H21N3O2S/c14-6-5-12-16-11(8-19-12)13(18)15-7-9-1-3-10(17)4-2-9/h8-10,17H,1-7,14H2,(H,15,18). The third-order valence-corrected chi connectivity index (χ3v) is 4.42. The van der Waals surface area contributed by atoms with Crippen LogP contribution in [0.15, 0.2) is 5.38 Å². The van der Waals surface area contributed by atoms with E-state index in [1.165, 1.54) is 11.3 Å². The van der Waals surface area contributed by atoms with Gasteiger partial charge in [0.2, 0.25) is 0 Å². The van der Waals surface area contributed by atoms with Crippen LogP contribution in [0.5, 0.6) is 0 Å². The molecule has 1 aliphatic rings. The van der Waals surface area contributed by atoms with Gasteiger partial charge in [-0.15, -0.1) is 11.3 Å². The molecule has 1 amide bonds. The average molecular weight is 283 g/mol. The van der Waals surface area contributed by atoms with E-state index in [2.05, 4.69) is 10.3 Å². The fourth-order valence-corrected chi connectivity index (χ4v) is 3.12. The van der Waals surface area contributed by atoms with E-state index >= 15 is 0 Å². The van der Waals surface area contributed by atoms with Crippen molar-refractivity contribution >= 4 is 17.2 Å². The molecular weight excluding hydrogens is 262 g/mol. The van der Waals surface area contributed by atoms with E-state index < -0.39 is 0 Å². The number of nitrogens with zero attached hydrogens (tertiary/aromatic N) is 1. The molecule has 1 heterocycles. The van der Waals surface area contributed by atoms with Crippen LogP contribution in [0.3, 0.4) is 0 Å². The van der Waals surface area contributed by atoms with Gasteiger partial charge in [0, 0.05) is 18.3 Å². The number of hydrogen-bond acceptors (Lipinski definition) is 5. The van der Waals surface area contributed by atoms with Crippen molar-refractivity contribution in [2.24, 2.45) is 11.7 Å². The second-order valence-corrected chi connectivity index (χ2v) is 5.99. The lowest BCUT2D eigenvalue weighted by atomic mass is 9.87. The van der Waals surface area contributed by atoms with Crippen LogP contribution in [0.25, 0.3) is 0 Å². The van der Waals surface area contributed by atoms with E-state index in [1.807, 2.05) is 0 Å². The number of rotatable bonds is 5. The summed E-state index contributed by atoms with van der Waals surface area (Å²) >= 11 is 1.48. The van der Waals surface area contributed by atoms with Gasteiger partial charge in [-0.05, 0) is 38.1 Å². The van der Waals surface area contributed by atoms with Gasteiger partial charge in [0.15, 0.2) is 0 Å². The normalized spacial score (nSPS) is 23.3. The number of carbonyl (C=O) groups is 1. The lowest BCUT2D eigenvalue weighted by Crippen LogP contribution is -2.32. The number of nitrogens with one attached hydrogen (secondary N) is 1. The van der Waals surface area contributed by atoms with Gasteiger partial charge in [0.25, 0.3) is 5.91 Å². The van der Waals surface area contributed by atoms with Crippen molar-refractivity contribution in [1.82, 2.24) is 10.3 Å². The van der Waals surface area contributed by atoms with Crippen LogP contribution in [0, 0.1) is 5.92 Å². The summed E-state index contributed by atoms with van der Waals surface area (Å²) in [6.07, 6.45) is 4.23. The van der Waals surface area contributed by atoms with E-state index in [1.54, 1.807) is 5.38 Å². The zero-order valence-corrected chi connectivity index (χ0v) is 11.8. The minimum absolute atomic E-state index is 0.106. The molecule has 1 fully saturated rings. The number of amides is 1. The third-order valence-electron chi connectivity index (χ3n) is 3.51. The zero-order valence-electron chi connectivity index (χ0n) is 11.0. The number of aliphatic hydroxyl groups excluding tert-OH is 1. The first-order valence-corrected chi connectivity index (χ1v) is 7.67. The highest BCUT2D eigenvalue weighted by Gasteiger charge is 2.20. The number of aliphatic hydroxyl groups is 1. The highest BCUT2D eigenvalue weighted by atomic mass is 32.1. The van der Waals surface area contributed by atoms with E-state index in [4.69, 9.17) is 5.73 Å². The van der Waals surface area contributed by atoms with Crippen molar-refractivity contribution in [3.05, 3.63) is 16.1 Å². The smallest absolute Gasteiger partial charge is 0.270 e. The largest absolute Gasteiger partial charge is 0.393 e. The number of hydrogen-bond donors (Lipinski definition) is 3. The first kappa shape index (κ1) is 14.4. The van der Waals surface area contributed by atoms with Crippen LogP contribution < -0.4 is 11.1 Å². The van der Waals surface area contributed by atoms with Gasteiger partial charge in [0.05, 0.1) is 11.1 Å². The van der Waals surface area contributed by atoms with Gasteiger partial charge in [-0.1, -0.05) is 0 Å². The molecule has 0 radical (unpaired) electrons. The predicted octanol–water partition coefficient (Wildman–Crippen LogP) is 0.925. The molecule has 0 atom stereocenters. The fraction of sp³-hybridized carbons (Fsp3) is 0.692. The Hall–Kier alpha value is -0.980. The number of carbonyl (C=O) groups excluding carboxylic acids is 1. The molecule has 1 saturated carbocycles. The highest BCUT2D eigenvalue weighted by Crippen LogP contribution is 2.23. The molecule has 19 heavy (non-hydrogen) atoms. The summed E-state index contributed by atoms with van der Waals surface area (Å²) < 4.78 is 0. The lowest BCUT2D eigenvalue weighted by molar-refractivity contribution is 0.0906. The highest BCUT2D eigenvalue weighted by molar-refractivity contribution is 7.09. The quantitative estimate of drug-likeness (QED) is 0.750. The van der Waals surface area contributed by atoms with Gasteiger partial charge in [-0.25, -0.2) is 4.98 Å². The first-order chi connectivity index (χ1) is 9.19. The molecule has 0 spiro atoms. The Kier molecular flexibility index (Phi) is 5.30. The van der Waals surface area contributed by atoms with Crippen LogP contribution in [0.1, 0.15) is 41.2 Å². The summed E-state index contributed by atoms with van der Waals surface area (Å²) in [4.78, 5) is 16.2. The lowest BCUT2D eigenvalue weighted by Gasteiger charge is -2.25. The molecule has 0 aliphatic heterocycles. The molecule has 5 nitrogen and oxygen atoms in total. The second kappa shape index (κ2) is 6.98. The van der Waals surface area contributed by atoms with Crippen LogP contribution >= 0.6 is 11.3 Å². The molecule has 1 aromatic heterocycles. The maximum atomic E-state index is 11.9. The summed E-state index contributed by atoms with van der Waals surface area (Å²) in [5.74, 6) is 0.375. The average Bonchev–Trinajstić information content (AvgIpc) is 2.87. The molecule has 0 bridgehead atoms. The van der Waals surface area contributed by atoms with Gasteiger partial charge >= 0.3 is 0 Å². The van der Waals surface area contributed by atoms with Crippen LogP contribution in [0.2, 0.25) is 0 Å². The van der Waals surface area contributed by atoms with Crippen LogP contribution in [0.4, 0.5) is 0 Å². The first-order valence-electron chi connectivity index (χ1n) is 6.79. The number of thiazole rings is 1. The summed E-state index contributed by atoms with van der Waals surface area (Å²) in [5.41, 5.74) is 5.95. The van der Waals surface area contributed by atoms with Gasteiger partial charge in [0.1, 0.15) is 5.69 Å². The van der Waals surface area contributed by atoms with Gasteiger partial charge in [-0.3, -0.25) is 4.79 Å². The monoisotopic (exact) mass is 283 g/mol. The Bertz CT molecular complexity index is 414. The van der Waals surface area contributed by atoms with Crippen LogP contribution in [-0.4, -0.2) is 35.2 Å². The van der Waals surface area contributed by atoms with Crippen molar-refractivity contribution in [3.8, 4) is 0 Å². The fourth-order valence-electron chi connectivity index (χ4n) is 2.33. The Morgan fingerprint density at radius 3 is 2.89 bits per heavy atom. The Morgan fingerprint density at radius 2 is 2.21 bits per heavy atom. The molecule has 6 heteroatoms. The van der Waals surface area contributed by atoms with Crippen molar-refractivity contribution < 1.29 is 9.90 Å². The molecule has 0 unspecified atom stereocenters. The predicted molar refractivity (Wildman–Crippen MR) is 75.2 cm³/mol. The van der Waals surface area contributed by atoms with Crippen molar-refractivity contribution in [2.75, 3.05) is 13.1 Å². The SMILES string of the molecule is NCCc1nc(C(=O)NCC2CCC(O)CC2)cs1. The van der Waals surface area contributed by atoms with E-state index in [-0.39, 0.29) is 12.0 Å². The Balaban J connectivity index is 1.77. The summed E-state index contributed by atoms with van der Waals surface area (Å²) in [7, 11) is 0. The Labute approximate surface area is 117 Å². The van der Waals surface area contributed by atoms with Gasteiger partial charge < -0.3 is 16.2 Å². The molecule has 4 N–H and O–H groups in total. The topological polar surface area (TPSA) is 88.2 Å². The molecule has 0 saturated heterocycles. The molecular formula is C13H21N3O2S. The molecule has 0 aromatic carbocycles. The second-order valence-electron chi connectivity index (χ2n) is 5.05. The van der Waals surface area contributed by atoms with Crippen LogP contribution in [-0.2, 0) is 6.42 Å². The van der Waals surface area contributed by atoms with Crippen molar-refractivity contribution in [2.45, 2.75) is 38.2 Å². The van der Waals surface area contributed by atoms with Crippen molar-refractivity contribution in [3.63, 3.8) is 0 Å².